The standard InChI is InChI=1S/C21H23N5O2/c1-3-28-20-15(5-4-6-19(20)27-2)12-26-8-7-18-17(13-26)11-24-21(25-18)16-9-22-14-23-10-16/h4-6,9-11,14H,3,7-8,12-13H2,1-2H3. The number of methoxy groups -OCH3 is 1. The molecule has 144 valence electrons. The highest BCUT2D eigenvalue weighted by Gasteiger charge is 2.21. The molecule has 0 aliphatic carbocycles. The maximum atomic E-state index is 5.85. The van der Waals surface area contributed by atoms with Crippen molar-refractivity contribution in [3.05, 3.63) is 59.9 Å². The summed E-state index contributed by atoms with van der Waals surface area (Å²) in [5.41, 5.74) is 4.22. The molecule has 0 amide bonds. The number of ether oxygens (including phenoxy) is 2. The molecule has 0 radical (unpaired) electrons. The molecule has 1 aromatic carbocycles. The molecule has 0 bridgehead atoms. The second kappa shape index (κ2) is 8.31. The van der Waals surface area contributed by atoms with E-state index in [1.165, 1.54) is 6.33 Å². The van der Waals surface area contributed by atoms with Crippen LogP contribution in [0.1, 0.15) is 23.7 Å². The number of aromatic nitrogens is 4. The molecule has 0 saturated heterocycles. The van der Waals surface area contributed by atoms with Crippen molar-refractivity contribution < 1.29 is 9.47 Å². The Bertz CT molecular complexity index is 949. The molecule has 3 heterocycles. The first-order valence-corrected chi connectivity index (χ1v) is 9.39. The maximum Gasteiger partial charge on any atom is 0.165 e. The number of benzene rings is 1. The lowest BCUT2D eigenvalue weighted by Gasteiger charge is -2.28. The lowest BCUT2D eigenvalue weighted by molar-refractivity contribution is 0.234. The predicted octanol–water partition coefficient (Wildman–Crippen LogP) is 2.90. The van der Waals surface area contributed by atoms with Gasteiger partial charge in [0.25, 0.3) is 0 Å². The first kappa shape index (κ1) is 18.3. The zero-order valence-electron chi connectivity index (χ0n) is 16.1. The Morgan fingerprint density at radius 3 is 2.79 bits per heavy atom. The van der Waals surface area contributed by atoms with E-state index in [0.717, 1.165) is 59.9 Å². The van der Waals surface area contributed by atoms with Crippen molar-refractivity contribution in [1.82, 2.24) is 24.8 Å². The first-order chi connectivity index (χ1) is 13.8. The van der Waals surface area contributed by atoms with Crippen LogP contribution in [-0.2, 0) is 19.5 Å². The third-order valence-corrected chi connectivity index (χ3v) is 4.79. The van der Waals surface area contributed by atoms with Crippen molar-refractivity contribution in [2.24, 2.45) is 0 Å². The summed E-state index contributed by atoms with van der Waals surface area (Å²) in [4.78, 5) is 19.7. The summed E-state index contributed by atoms with van der Waals surface area (Å²) >= 11 is 0. The Balaban J connectivity index is 1.52. The van der Waals surface area contributed by atoms with Crippen molar-refractivity contribution in [2.45, 2.75) is 26.4 Å². The van der Waals surface area contributed by atoms with Crippen LogP contribution in [0.2, 0.25) is 0 Å². The number of nitrogens with zero attached hydrogens (tertiary/aromatic N) is 5. The lowest BCUT2D eigenvalue weighted by atomic mass is 10.1. The maximum absolute atomic E-state index is 5.85. The van der Waals surface area contributed by atoms with Crippen LogP contribution in [0.3, 0.4) is 0 Å². The van der Waals surface area contributed by atoms with Gasteiger partial charge in [-0.1, -0.05) is 12.1 Å². The van der Waals surface area contributed by atoms with Gasteiger partial charge in [0.1, 0.15) is 6.33 Å². The van der Waals surface area contributed by atoms with Gasteiger partial charge in [0.2, 0.25) is 0 Å². The van der Waals surface area contributed by atoms with Crippen molar-refractivity contribution in [2.75, 3.05) is 20.3 Å². The highest BCUT2D eigenvalue weighted by atomic mass is 16.5. The zero-order valence-corrected chi connectivity index (χ0v) is 16.1. The molecule has 0 spiro atoms. The second-order valence-corrected chi connectivity index (χ2v) is 6.63. The summed E-state index contributed by atoms with van der Waals surface area (Å²) in [6.07, 6.45) is 7.79. The van der Waals surface area contributed by atoms with Gasteiger partial charge in [-0.05, 0) is 13.0 Å². The van der Waals surface area contributed by atoms with Gasteiger partial charge >= 0.3 is 0 Å². The quantitative estimate of drug-likeness (QED) is 0.654. The minimum absolute atomic E-state index is 0.607. The van der Waals surface area contributed by atoms with E-state index in [0.29, 0.717) is 12.4 Å². The SMILES string of the molecule is CCOc1c(CN2CCc3nc(-c4cncnc4)ncc3C2)cccc1OC. The summed E-state index contributed by atoms with van der Waals surface area (Å²) in [6.45, 7) is 5.12. The Kier molecular flexibility index (Phi) is 5.43. The molecular formula is C21H23N5O2. The molecule has 1 aliphatic heterocycles. The Labute approximate surface area is 164 Å². The monoisotopic (exact) mass is 377 g/mol. The molecule has 4 rings (SSSR count). The topological polar surface area (TPSA) is 73.3 Å². The number of rotatable bonds is 6. The van der Waals surface area contributed by atoms with Crippen LogP contribution in [-0.4, -0.2) is 45.1 Å². The van der Waals surface area contributed by atoms with Crippen LogP contribution >= 0.6 is 0 Å². The predicted molar refractivity (Wildman–Crippen MR) is 105 cm³/mol. The second-order valence-electron chi connectivity index (χ2n) is 6.63. The van der Waals surface area contributed by atoms with Crippen LogP contribution in [0.5, 0.6) is 11.5 Å². The van der Waals surface area contributed by atoms with Gasteiger partial charge in [0.05, 0.1) is 25.0 Å². The first-order valence-electron chi connectivity index (χ1n) is 9.39. The van der Waals surface area contributed by atoms with E-state index in [1.807, 2.05) is 25.3 Å². The van der Waals surface area contributed by atoms with Gasteiger partial charge < -0.3 is 9.47 Å². The molecule has 7 nitrogen and oxygen atoms in total. The Morgan fingerprint density at radius 1 is 1.14 bits per heavy atom. The Hall–Kier alpha value is -3.06. The molecule has 0 N–H and O–H groups in total. The van der Waals surface area contributed by atoms with E-state index in [4.69, 9.17) is 14.5 Å². The van der Waals surface area contributed by atoms with Gasteiger partial charge in [0.15, 0.2) is 17.3 Å². The third-order valence-electron chi connectivity index (χ3n) is 4.79. The van der Waals surface area contributed by atoms with Gasteiger partial charge in [-0.3, -0.25) is 4.90 Å². The fourth-order valence-electron chi connectivity index (χ4n) is 3.46. The molecule has 0 unspecified atom stereocenters. The molecule has 0 fully saturated rings. The van der Waals surface area contributed by atoms with Crippen molar-refractivity contribution >= 4 is 0 Å². The summed E-state index contributed by atoms with van der Waals surface area (Å²) in [5, 5.41) is 0. The smallest absolute Gasteiger partial charge is 0.165 e. The summed E-state index contributed by atoms with van der Waals surface area (Å²) in [6, 6.07) is 6.03. The van der Waals surface area contributed by atoms with Gasteiger partial charge in [-0.2, -0.15) is 0 Å². The van der Waals surface area contributed by atoms with Crippen LogP contribution in [0.4, 0.5) is 0 Å². The number of para-hydroxylation sites is 1. The van der Waals surface area contributed by atoms with E-state index < -0.39 is 0 Å². The van der Waals surface area contributed by atoms with Gasteiger partial charge in [-0.15, -0.1) is 0 Å². The highest BCUT2D eigenvalue weighted by molar-refractivity contribution is 5.52. The largest absolute Gasteiger partial charge is 0.493 e. The van der Waals surface area contributed by atoms with E-state index in [2.05, 4.69) is 25.9 Å². The van der Waals surface area contributed by atoms with Gasteiger partial charge in [-0.25, -0.2) is 19.9 Å². The molecule has 0 saturated carbocycles. The number of hydrogen-bond donors (Lipinski definition) is 0. The molecule has 2 aromatic heterocycles. The van der Waals surface area contributed by atoms with Crippen LogP contribution in [0.25, 0.3) is 11.4 Å². The summed E-state index contributed by atoms with van der Waals surface area (Å²) < 4.78 is 11.3. The average Bonchev–Trinajstić information content (AvgIpc) is 2.75. The molecule has 28 heavy (non-hydrogen) atoms. The van der Waals surface area contributed by atoms with E-state index in [9.17, 15) is 0 Å². The van der Waals surface area contributed by atoms with E-state index >= 15 is 0 Å². The Morgan fingerprint density at radius 2 is 2.00 bits per heavy atom. The average molecular weight is 377 g/mol. The van der Waals surface area contributed by atoms with Crippen molar-refractivity contribution in [3.8, 4) is 22.9 Å². The fraction of sp³-hybridized carbons (Fsp3) is 0.333. The van der Waals surface area contributed by atoms with Crippen LogP contribution < -0.4 is 9.47 Å². The molecule has 0 atom stereocenters. The minimum Gasteiger partial charge on any atom is -0.493 e. The summed E-state index contributed by atoms with van der Waals surface area (Å²) in [5.74, 6) is 2.28. The van der Waals surface area contributed by atoms with Crippen molar-refractivity contribution in [1.29, 1.82) is 0 Å². The molecule has 7 heteroatoms. The van der Waals surface area contributed by atoms with Crippen molar-refractivity contribution in [3.63, 3.8) is 0 Å². The minimum atomic E-state index is 0.607. The molecule has 3 aromatic rings. The molecule has 1 aliphatic rings. The third kappa shape index (κ3) is 3.80. The van der Waals surface area contributed by atoms with E-state index in [1.54, 1.807) is 19.5 Å². The summed E-state index contributed by atoms with van der Waals surface area (Å²) in [7, 11) is 1.67. The number of hydrogen-bond acceptors (Lipinski definition) is 7. The zero-order chi connectivity index (χ0) is 19.3. The fourth-order valence-corrected chi connectivity index (χ4v) is 3.46. The highest BCUT2D eigenvalue weighted by Crippen LogP contribution is 2.33. The van der Waals surface area contributed by atoms with E-state index in [-0.39, 0.29) is 0 Å². The van der Waals surface area contributed by atoms with Gasteiger partial charge in [0, 0.05) is 55.8 Å². The normalized spacial score (nSPS) is 13.8. The number of fused-ring (bicyclic) bond motifs is 1. The van der Waals surface area contributed by atoms with Crippen LogP contribution in [0, 0.1) is 0 Å². The van der Waals surface area contributed by atoms with Crippen LogP contribution in [0.15, 0.2) is 43.1 Å². The molecular weight excluding hydrogens is 354 g/mol. The lowest BCUT2D eigenvalue weighted by Crippen LogP contribution is -2.31.